The zero-order chi connectivity index (χ0) is 15.1. The van der Waals surface area contributed by atoms with Crippen molar-refractivity contribution in [3.63, 3.8) is 0 Å². The zero-order valence-corrected chi connectivity index (χ0v) is 13.4. The van der Waals surface area contributed by atoms with Crippen LogP contribution in [0.25, 0.3) is 0 Å². The van der Waals surface area contributed by atoms with Crippen LogP contribution in [0.1, 0.15) is 37.0 Å². The van der Waals surface area contributed by atoms with Gasteiger partial charge in [-0.1, -0.05) is 11.6 Å². The van der Waals surface area contributed by atoms with Crippen LogP contribution in [-0.4, -0.2) is 19.9 Å². The smallest absolute Gasteiger partial charge is 0.262 e. The summed E-state index contributed by atoms with van der Waals surface area (Å²) in [6.07, 6.45) is 2.18. The van der Waals surface area contributed by atoms with E-state index in [0.29, 0.717) is 5.92 Å². The van der Waals surface area contributed by atoms with Crippen LogP contribution in [0.3, 0.4) is 0 Å². The molecule has 0 bridgehead atoms. The van der Waals surface area contributed by atoms with Crippen molar-refractivity contribution in [3.8, 4) is 0 Å². The van der Waals surface area contributed by atoms with Gasteiger partial charge in [-0.3, -0.25) is 4.79 Å². The monoisotopic (exact) mass is 335 g/mol. The van der Waals surface area contributed by atoms with Gasteiger partial charge in [0.2, 0.25) is 0 Å². The first-order valence-corrected chi connectivity index (χ1v) is 8.87. The SMILES string of the molecule is CC(C)(NC(=O)c1ccc(Cl)c(S(=O)(=O)Cl)c1)C1CC1. The molecule has 1 aromatic rings. The van der Waals surface area contributed by atoms with E-state index in [2.05, 4.69) is 5.32 Å². The first-order valence-electron chi connectivity index (χ1n) is 6.18. The molecular weight excluding hydrogens is 321 g/mol. The Balaban J connectivity index is 2.27. The second-order valence-electron chi connectivity index (χ2n) is 5.53. The lowest BCUT2D eigenvalue weighted by Gasteiger charge is -2.26. The van der Waals surface area contributed by atoms with Crippen molar-refractivity contribution in [1.29, 1.82) is 0 Å². The molecular formula is C13H15Cl2NO3S. The van der Waals surface area contributed by atoms with E-state index in [1.807, 2.05) is 13.8 Å². The average Bonchev–Trinajstić information content (AvgIpc) is 3.10. The summed E-state index contributed by atoms with van der Waals surface area (Å²) in [4.78, 5) is 11.9. The van der Waals surface area contributed by atoms with Crippen molar-refractivity contribution in [1.82, 2.24) is 5.32 Å². The zero-order valence-electron chi connectivity index (χ0n) is 11.1. The molecule has 1 N–H and O–H groups in total. The largest absolute Gasteiger partial charge is 0.347 e. The highest BCUT2D eigenvalue weighted by molar-refractivity contribution is 8.13. The highest BCUT2D eigenvalue weighted by Crippen LogP contribution is 2.39. The molecule has 1 amide bonds. The molecule has 1 aromatic carbocycles. The van der Waals surface area contributed by atoms with Gasteiger partial charge in [0.1, 0.15) is 4.90 Å². The number of halogens is 2. The fraction of sp³-hybridized carbons (Fsp3) is 0.462. The van der Waals surface area contributed by atoms with Gasteiger partial charge in [-0.15, -0.1) is 0 Å². The molecule has 1 fully saturated rings. The summed E-state index contributed by atoms with van der Waals surface area (Å²) >= 11 is 5.78. The van der Waals surface area contributed by atoms with Crippen molar-refractivity contribution >= 4 is 37.2 Å². The molecule has 0 aliphatic heterocycles. The van der Waals surface area contributed by atoms with Gasteiger partial charge in [-0.05, 0) is 50.8 Å². The number of rotatable bonds is 4. The van der Waals surface area contributed by atoms with Gasteiger partial charge in [0.05, 0.1) is 5.02 Å². The van der Waals surface area contributed by atoms with Crippen LogP contribution in [0.2, 0.25) is 5.02 Å². The van der Waals surface area contributed by atoms with E-state index in [1.54, 1.807) is 0 Å². The van der Waals surface area contributed by atoms with E-state index in [4.69, 9.17) is 22.3 Å². The van der Waals surface area contributed by atoms with Gasteiger partial charge >= 0.3 is 0 Å². The fourth-order valence-corrected chi connectivity index (χ4v) is 3.60. The summed E-state index contributed by atoms with van der Waals surface area (Å²) < 4.78 is 22.8. The predicted octanol–water partition coefficient (Wildman–Crippen LogP) is 3.19. The molecule has 0 unspecified atom stereocenters. The number of hydrogen-bond acceptors (Lipinski definition) is 3. The fourth-order valence-electron chi connectivity index (χ4n) is 2.10. The van der Waals surface area contributed by atoms with E-state index < -0.39 is 9.05 Å². The quantitative estimate of drug-likeness (QED) is 0.859. The number of amides is 1. The van der Waals surface area contributed by atoms with Gasteiger partial charge in [0, 0.05) is 21.8 Å². The number of carbonyl (C=O) groups excluding carboxylic acids is 1. The third-order valence-electron chi connectivity index (χ3n) is 3.49. The number of benzene rings is 1. The molecule has 0 atom stereocenters. The normalized spacial score (nSPS) is 16.0. The standard InChI is InChI=1S/C13H15Cl2NO3S/c1-13(2,9-4-5-9)16-12(17)8-3-6-10(14)11(7-8)20(15,18)19/h3,6-7,9H,4-5H2,1-2H3,(H,16,17). The Kier molecular flexibility index (Phi) is 4.06. The summed E-state index contributed by atoms with van der Waals surface area (Å²) in [7, 11) is 1.31. The molecule has 0 aromatic heterocycles. The highest BCUT2D eigenvalue weighted by atomic mass is 35.7. The Morgan fingerprint density at radius 2 is 1.95 bits per heavy atom. The Morgan fingerprint density at radius 3 is 2.45 bits per heavy atom. The lowest BCUT2D eigenvalue weighted by atomic mass is 9.98. The second kappa shape index (κ2) is 5.20. The van der Waals surface area contributed by atoms with Crippen LogP contribution >= 0.6 is 22.3 Å². The minimum Gasteiger partial charge on any atom is -0.347 e. The number of carbonyl (C=O) groups is 1. The second-order valence-corrected chi connectivity index (χ2v) is 8.47. The molecule has 1 saturated carbocycles. The van der Waals surface area contributed by atoms with Crippen LogP contribution in [0.5, 0.6) is 0 Å². The summed E-state index contributed by atoms with van der Waals surface area (Å²) in [5, 5.41) is 2.91. The molecule has 4 nitrogen and oxygen atoms in total. The van der Waals surface area contributed by atoms with Crippen LogP contribution in [-0.2, 0) is 9.05 Å². The molecule has 1 aliphatic rings. The van der Waals surface area contributed by atoms with Crippen molar-refractivity contribution in [2.45, 2.75) is 37.1 Å². The minimum absolute atomic E-state index is 0.00185. The van der Waals surface area contributed by atoms with Crippen LogP contribution in [0.15, 0.2) is 23.1 Å². The van der Waals surface area contributed by atoms with E-state index in [-0.39, 0.29) is 26.9 Å². The average molecular weight is 336 g/mol. The van der Waals surface area contributed by atoms with Crippen molar-refractivity contribution in [2.75, 3.05) is 0 Å². The third kappa shape index (κ3) is 3.45. The molecule has 7 heteroatoms. The summed E-state index contributed by atoms with van der Waals surface area (Å²) in [5.41, 5.74) is -0.0844. The number of nitrogens with one attached hydrogen (secondary N) is 1. The highest BCUT2D eigenvalue weighted by Gasteiger charge is 2.38. The molecule has 1 aliphatic carbocycles. The first kappa shape index (κ1) is 15.6. The molecule has 0 saturated heterocycles. The van der Waals surface area contributed by atoms with Gasteiger partial charge in [-0.25, -0.2) is 8.42 Å². The maximum atomic E-state index is 12.2. The first-order chi connectivity index (χ1) is 9.11. The molecule has 0 heterocycles. The van der Waals surface area contributed by atoms with Crippen LogP contribution in [0, 0.1) is 5.92 Å². The lowest BCUT2D eigenvalue weighted by Crippen LogP contribution is -2.45. The third-order valence-corrected chi connectivity index (χ3v) is 5.29. The van der Waals surface area contributed by atoms with Crippen LogP contribution < -0.4 is 5.32 Å². The van der Waals surface area contributed by atoms with Crippen molar-refractivity contribution in [2.24, 2.45) is 5.92 Å². The Labute approximate surface area is 127 Å². The van der Waals surface area contributed by atoms with Crippen molar-refractivity contribution in [3.05, 3.63) is 28.8 Å². The predicted molar refractivity (Wildman–Crippen MR) is 78.8 cm³/mol. The van der Waals surface area contributed by atoms with Gasteiger partial charge in [0.15, 0.2) is 0 Å². The van der Waals surface area contributed by atoms with E-state index in [1.165, 1.54) is 18.2 Å². The number of hydrogen-bond donors (Lipinski definition) is 1. The van der Waals surface area contributed by atoms with E-state index >= 15 is 0 Å². The minimum atomic E-state index is -3.98. The van der Waals surface area contributed by atoms with Crippen molar-refractivity contribution < 1.29 is 13.2 Å². The van der Waals surface area contributed by atoms with Gasteiger partial charge in [-0.2, -0.15) is 0 Å². The van der Waals surface area contributed by atoms with Gasteiger partial charge < -0.3 is 5.32 Å². The molecule has 20 heavy (non-hydrogen) atoms. The Hall–Kier alpha value is -0.780. The maximum Gasteiger partial charge on any atom is 0.262 e. The van der Waals surface area contributed by atoms with E-state index in [9.17, 15) is 13.2 Å². The summed E-state index contributed by atoms with van der Waals surface area (Å²) in [6.45, 7) is 3.91. The molecule has 0 radical (unpaired) electrons. The van der Waals surface area contributed by atoms with Crippen LogP contribution in [0.4, 0.5) is 0 Å². The topological polar surface area (TPSA) is 63.2 Å². The van der Waals surface area contributed by atoms with E-state index in [0.717, 1.165) is 12.8 Å². The molecule has 0 spiro atoms. The summed E-state index contributed by atoms with van der Waals surface area (Å²) in [6, 6.07) is 4.03. The Morgan fingerprint density at radius 1 is 1.35 bits per heavy atom. The van der Waals surface area contributed by atoms with Gasteiger partial charge in [0.25, 0.3) is 15.0 Å². The molecule has 2 rings (SSSR count). The molecule has 110 valence electrons. The Bertz CT molecular complexity index is 652. The maximum absolute atomic E-state index is 12.2. The lowest BCUT2D eigenvalue weighted by molar-refractivity contribution is 0.0903. The summed E-state index contributed by atoms with van der Waals surface area (Å²) in [5.74, 6) is 0.134.